The molecule has 150 valence electrons. The monoisotopic (exact) mass is 420 g/mol. The van der Waals surface area contributed by atoms with E-state index in [0.29, 0.717) is 28.2 Å². The zero-order chi connectivity index (χ0) is 19.8. The molecule has 28 heavy (non-hydrogen) atoms. The van der Waals surface area contributed by atoms with E-state index in [-0.39, 0.29) is 0 Å². The highest BCUT2D eigenvalue weighted by Gasteiger charge is 2.12. The second-order valence-corrected chi connectivity index (χ2v) is 7.73. The number of rotatable bonds is 8. The molecule has 0 aromatic heterocycles. The van der Waals surface area contributed by atoms with Crippen molar-refractivity contribution in [2.75, 3.05) is 33.3 Å². The van der Waals surface area contributed by atoms with Gasteiger partial charge in [0.05, 0.1) is 18.7 Å². The van der Waals surface area contributed by atoms with Gasteiger partial charge >= 0.3 is 0 Å². The molecule has 0 unspecified atom stereocenters. The van der Waals surface area contributed by atoms with Crippen molar-refractivity contribution in [2.45, 2.75) is 25.9 Å². The normalized spacial score (nSPS) is 15.1. The molecule has 0 bridgehead atoms. The van der Waals surface area contributed by atoms with Crippen LogP contribution in [0.15, 0.2) is 41.4 Å². The Balaban J connectivity index is 1.61. The van der Waals surface area contributed by atoms with Crippen LogP contribution >= 0.6 is 23.2 Å². The van der Waals surface area contributed by atoms with Gasteiger partial charge in [0.2, 0.25) is 0 Å². The largest absolute Gasteiger partial charge is 0.493 e. The number of halogens is 2. The van der Waals surface area contributed by atoms with E-state index in [1.165, 1.54) is 32.4 Å². The number of piperidine rings is 1. The topological polar surface area (TPSA) is 34.1 Å². The maximum absolute atomic E-state index is 6.44. The molecule has 1 fully saturated rings. The minimum Gasteiger partial charge on any atom is -0.493 e. The molecule has 0 spiro atoms. The average molecular weight is 421 g/mol. The van der Waals surface area contributed by atoms with Gasteiger partial charge in [-0.3, -0.25) is 4.99 Å². The molecular formula is C22H26Cl2N2O2. The number of hydrogen-bond donors (Lipinski definition) is 0. The molecule has 0 saturated carbocycles. The highest BCUT2D eigenvalue weighted by molar-refractivity contribution is 6.32. The van der Waals surface area contributed by atoms with Gasteiger partial charge in [-0.15, -0.1) is 0 Å². The van der Waals surface area contributed by atoms with Crippen molar-refractivity contribution >= 4 is 29.4 Å². The molecule has 0 N–H and O–H groups in total. The zero-order valence-corrected chi connectivity index (χ0v) is 17.7. The molecule has 2 aromatic rings. The molecular weight excluding hydrogens is 395 g/mol. The molecule has 1 saturated heterocycles. The molecule has 6 heteroatoms. The van der Waals surface area contributed by atoms with E-state index in [9.17, 15) is 0 Å². The third-order valence-electron chi connectivity index (χ3n) is 4.76. The van der Waals surface area contributed by atoms with Crippen LogP contribution in [0.1, 0.15) is 30.4 Å². The van der Waals surface area contributed by atoms with Gasteiger partial charge in [0.15, 0.2) is 11.5 Å². The van der Waals surface area contributed by atoms with Gasteiger partial charge in [-0.05, 0) is 61.3 Å². The van der Waals surface area contributed by atoms with Gasteiger partial charge in [0.25, 0.3) is 0 Å². The molecule has 0 amide bonds. The van der Waals surface area contributed by atoms with Crippen LogP contribution in [0.4, 0.5) is 0 Å². The maximum Gasteiger partial charge on any atom is 0.180 e. The molecule has 1 aliphatic heterocycles. The summed E-state index contributed by atoms with van der Waals surface area (Å²) in [5.74, 6) is 1.11. The van der Waals surface area contributed by atoms with Gasteiger partial charge in [0.1, 0.15) is 6.61 Å². The molecule has 0 radical (unpaired) electrons. The minimum absolute atomic E-state index is 0.361. The fraction of sp³-hybridized carbons (Fsp3) is 0.409. The lowest BCUT2D eigenvalue weighted by atomic mass is 10.1. The van der Waals surface area contributed by atoms with Gasteiger partial charge in [-0.1, -0.05) is 41.8 Å². The Morgan fingerprint density at radius 2 is 1.93 bits per heavy atom. The molecule has 0 aliphatic carbocycles. The third-order valence-corrected chi connectivity index (χ3v) is 5.27. The van der Waals surface area contributed by atoms with Crippen LogP contribution in [-0.2, 0) is 6.61 Å². The van der Waals surface area contributed by atoms with Gasteiger partial charge in [-0.25, -0.2) is 0 Å². The van der Waals surface area contributed by atoms with Crippen LogP contribution in [0.25, 0.3) is 0 Å². The van der Waals surface area contributed by atoms with Crippen LogP contribution in [0, 0.1) is 0 Å². The zero-order valence-electron chi connectivity index (χ0n) is 16.2. The quantitative estimate of drug-likeness (QED) is 0.529. The SMILES string of the molecule is COc1cc(/C=N/CCN2CCCCC2)cc(Cl)c1OCc1cccc(Cl)c1. The fourth-order valence-corrected chi connectivity index (χ4v) is 3.78. The third kappa shape index (κ3) is 6.13. The van der Waals surface area contributed by atoms with E-state index in [2.05, 4.69) is 9.89 Å². The van der Waals surface area contributed by atoms with Gasteiger partial charge in [0, 0.05) is 17.8 Å². The summed E-state index contributed by atoms with van der Waals surface area (Å²) in [6.45, 7) is 4.52. The summed E-state index contributed by atoms with van der Waals surface area (Å²) in [5, 5.41) is 1.18. The Kier molecular flexibility index (Phi) is 8.01. The van der Waals surface area contributed by atoms with Crippen molar-refractivity contribution in [3.8, 4) is 11.5 Å². The summed E-state index contributed by atoms with van der Waals surface area (Å²) < 4.78 is 11.4. The predicted octanol–water partition coefficient (Wildman–Crippen LogP) is 5.49. The lowest BCUT2D eigenvalue weighted by Crippen LogP contribution is -2.31. The standard InChI is InChI=1S/C22H26Cl2N2O2/c1-27-21-14-18(15-25-8-11-26-9-3-2-4-10-26)13-20(24)22(21)28-16-17-6-5-7-19(23)12-17/h5-7,12-15H,2-4,8-11,16H2,1H3/b25-15+. The Morgan fingerprint density at radius 1 is 1.11 bits per heavy atom. The first-order chi connectivity index (χ1) is 13.7. The smallest absolute Gasteiger partial charge is 0.180 e. The van der Waals surface area contributed by atoms with E-state index >= 15 is 0 Å². The summed E-state index contributed by atoms with van der Waals surface area (Å²) in [6.07, 6.45) is 5.79. The summed E-state index contributed by atoms with van der Waals surface area (Å²) >= 11 is 12.5. The predicted molar refractivity (Wildman–Crippen MR) is 117 cm³/mol. The summed E-state index contributed by atoms with van der Waals surface area (Å²) in [6, 6.07) is 11.3. The van der Waals surface area contributed by atoms with Crippen molar-refractivity contribution < 1.29 is 9.47 Å². The summed E-state index contributed by atoms with van der Waals surface area (Å²) in [5.41, 5.74) is 1.87. The highest BCUT2D eigenvalue weighted by Crippen LogP contribution is 2.36. The number of hydrogen-bond acceptors (Lipinski definition) is 4. The lowest BCUT2D eigenvalue weighted by molar-refractivity contribution is 0.235. The van der Waals surface area contributed by atoms with Crippen molar-refractivity contribution in [1.29, 1.82) is 0 Å². The van der Waals surface area contributed by atoms with E-state index in [1.54, 1.807) is 7.11 Å². The number of methoxy groups -OCH3 is 1. The Morgan fingerprint density at radius 3 is 2.68 bits per heavy atom. The van der Waals surface area contributed by atoms with Crippen molar-refractivity contribution in [1.82, 2.24) is 4.90 Å². The van der Waals surface area contributed by atoms with Crippen LogP contribution in [0.5, 0.6) is 11.5 Å². The fourth-order valence-electron chi connectivity index (χ4n) is 3.29. The maximum atomic E-state index is 6.44. The van der Waals surface area contributed by atoms with E-state index in [1.807, 2.05) is 42.6 Å². The Hall–Kier alpha value is -1.75. The number of aliphatic imine (C=N–C) groups is 1. The molecule has 1 aliphatic rings. The van der Waals surface area contributed by atoms with E-state index in [0.717, 1.165) is 24.2 Å². The molecule has 4 nitrogen and oxygen atoms in total. The van der Waals surface area contributed by atoms with Crippen molar-refractivity contribution in [2.24, 2.45) is 4.99 Å². The van der Waals surface area contributed by atoms with Crippen molar-refractivity contribution in [3.05, 3.63) is 57.6 Å². The van der Waals surface area contributed by atoms with E-state index in [4.69, 9.17) is 32.7 Å². The van der Waals surface area contributed by atoms with Crippen LogP contribution < -0.4 is 9.47 Å². The van der Waals surface area contributed by atoms with Crippen LogP contribution in [0.2, 0.25) is 10.0 Å². The van der Waals surface area contributed by atoms with Gasteiger partial charge in [-0.2, -0.15) is 0 Å². The molecule has 2 aromatic carbocycles. The van der Waals surface area contributed by atoms with Crippen molar-refractivity contribution in [3.63, 3.8) is 0 Å². The first-order valence-electron chi connectivity index (χ1n) is 9.62. The lowest BCUT2D eigenvalue weighted by Gasteiger charge is -2.25. The summed E-state index contributed by atoms with van der Waals surface area (Å²) in [7, 11) is 1.61. The number of nitrogens with zero attached hydrogens (tertiary/aromatic N) is 2. The molecule has 0 atom stereocenters. The van der Waals surface area contributed by atoms with Gasteiger partial charge < -0.3 is 14.4 Å². The van der Waals surface area contributed by atoms with Crippen LogP contribution in [-0.4, -0.2) is 44.4 Å². The highest BCUT2D eigenvalue weighted by atomic mass is 35.5. The number of likely N-dealkylation sites (tertiary alicyclic amines) is 1. The number of ether oxygens (including phenoxy) is 2. The van der Waals surface area contributed by atoms with Crippen LogP contribution in [0.3, 0.4) is 0 Å². The summed E-state index contributed by atoms with van der Waals surface area (Å²) in [4.78, 5) is 7.02. The first-order valence-corrected chi connectivity index (χ1v) is 10.4. The second kappa shape index (κ2) is 10.7. The Labute approximate surface area is 177 Å². The number of benzene rings is 2. The molecule has 1 heterocycles. The first kappa shape index (κ1) is 21.0. The van der Waals surface area contributed by atoms with E-state index < -0.39 is 0 Å². The second-order valence-electron chi connectivity index (χ2n) is 6.89. The average Bonchev–Trinajstić information content (AvgIpc) is 2.71. The minimum atomic E-state index is 0.361. The Bertz CT molecular complexity index is 805. The molecule has 3 rings (SSSR count).